The molecule has 2 nitrogen and oxygen atoms in total. The quantitative estimate of drug-likeness (QED) is 0.835. The maximum Gasteiger partial charge on any atom is 0.0365 e. The van der Waals surface area contributed by atoms with Gasteiger partial charge in [0.1, 0.15) is 0 Å². The maximum absolute atomic E-state index is 3.83. The molecule has 0 aromatic rings. The van der Waals surface area contributed by atoms with Crippen molar-refractivity contribution in [3.63, 3.8) is 0 Å². The van der Waals surface area contributed by atoms with Crippen LogP contribution in [0, 0.1) is 11.8 Å². The van der Waals surface area contributed by atoms with E-state index in [4.69, 9.17) is 0 Å². The Labute approximate surface area is 132 Å². The van der Waals surface area contributed by atoms with Crippen molar-refractivity contribution >= 4 is 0 Å². The molecular weight excluding hydrogens is 256 g/mol. The fraction of sp³-hybridized carbons (Fsp3) is 1.00. The third-order valence-corrected chi connectivity index (χ3v) is 6.88. The van der Waals surface area contributed by atoms with Crippen LogP contribution in [0.15, 0.2) is 0 Å². The molecular formula is C19H36N2. The summed E-state index contributed by atoms with van der Waals surface area (Å²) in [7, 11) is 2.24. The minimum Gasteiger partial charge on any atom is -0.315 e. The van der Waals surface area contributed by atoms with E-state index in [9.17, 15) is 0 Å². The largest absolute Gasteiger partial charge is 0.315 e. The highest BCUT2D eigenvalue weighted by Gasteiger charge is 2.48. The number of nitrogens with zero attached hydrogens (tertiary/aromatic N) is 1. The summed E-state index contributed by atoms with van der Waals surface area (Å²) in [6.07, 6.45) is 16.0. The molecule has 1 saturated heterocycles. The minimum absolute atomic E-state index is 0.500. The highest BCUT2D eigenvalue weighted by molar-refractivity contribution is 5.06. The Balaban J connectivity index is 1.77. The lowest BCUT2D eigenvalue weighted by molar-refractivity contribution is 0.0103. The van der Waals surface area contributed by atoms with Gasteiger partial charge in [-0.25, -0.2) is 0 Å². The Kier molecular flexibility index (Phi) is 5.27. The molecule has 2 saturated carbocycles. The number of likely N-dealkylation sites (N-methyl/N-ethyl adjacent to an activating group) is 1. The normalized spacial score (nSPS) is 35.7. The second-order valence-electron chi connectivity index (χ2n) is 8.14. The van der Waals surface area contributed by atoms with Gasteiger partial charge in [0.25, 0.3) is 0 Å². The number of rotatable bonds is 4. The zero-order valence-corrected chi connectivity index (χ0v) is 14.4. The first kappa shape index (κ1) is 15.8. The fourth-order valence-electron chi connectivity index (χ4n) is 5.71. The second kappa shape index (κ2) is 7.00. The molecule has 1 heterocycles. The predicted molar refractivity (Wildman–Crippen MR) is 90.6 cm³/mol. The Morgan fingerprint density at radius 2 is 1.52 bits per heavy atom. The molecule has 1 unspecified atom stereocenters. The monoisotopic (exact) mass is 292 g/mol. The molecule has 0 bridgehead atoms. The molecule has 0 amide bonds. The van der Waals surface area contributed by atoms with Crippen LogP contribution in [0.4, 0.5) is 0 Å². The van der Waals surface area contributed by atoms with Gasteiger partial charge in [-0.05, 0) is 70.5 Å². The summed E-state index contributed by atoms with van der Waals surface area (Å²) in [5.41, 5.74) is 0.500. The van der Waals surface area contributed by atoms with Crippen LogP contribution in [0.2, 0.25) is 0 Å². The highest BCUT2D eigenvalue weighted by atomic mass is 15.2. The zero-order chi connectivity index (χ0) is 14.7. The molecule has 122 valence electrons. The van der Waals surface area contributed by atoms with Crippen LogP contribution in [0.25, 0.3) is 0 Å². The van der Waals surface area contributed by atoms with Gasteiger partial charge in [-0.3, -0.25) is 4.90 Å². The van der Waals surface area contributed by atoms with E-state index in [1.165, 1.54) is 83.7 Å². The van der Waals surface area contributed by atoms with Gasteiger partial charge in [-0.15, -0.1) is 0 Å². The first-order chi connectivity index (χ1) is 10.3. The van der Waals surface area contributed by atoms with Gasteiger partial charge >= 0.3 is 0 Å². The van der Waals surface area contributed by atoms with Crippen LogP contribution in [-0.2, 0) is 0 Å². The van der Waals surface area contributed by atoms with Crippen molar-refractivity contribution in [1.82, 2.24) is 10.2 Å². The number of hydrogen-bond acceptors (Lipinski definition) is 2. The van der Waals surface area contributed by atoms with Gasteiger partial charge in [0.15, 0.2) is 0 Å². The maximum atomic E-state index is 3.83. The summed E-state index contributed by atoms with van der Waals surface area (Å²) >= 11 is 0. The molecule has 0 aromatic carbocycles. The van der Waals surface area contributed by atoms with Crippen LogP contribution >= 0.6 is 0 Å². The van der Waals surface area contributed by atoms with Crippen molar-refractivity contribution in [3.05, 3.63) is 0 Å². The summed E-state index contributed by atoms with van der Waals surface area (Å²) in [5.74, 6) is 1.89. The molecule has 0 radical (unpaired) electrons. The van der Waals surface area contributed by atoms with E-state index >= 15 is 0 Å². The molecule has 0 spiro atoms. The van der Waals surface area contributed by atoms with Crippen molar-refractivity contribution < 1.29 is 0 Å². The Bertz CT molecular complexity index is 308. The van der Waals surface area contributed by atoms with Crippen molar-refractivity contribution in [1.29, 1.82) is 0 Å². The molecule has 1 atom stereocenters. The number of hydrogen-bond donors (Lipinski definition) is 1. The van der Waals surface area contributed by atoms with Crippen molar-refractivity contribution in [3.8, 4) is 0 Å². The lowest BCUT2D eigenvalue weighted by atomic mass is 9.71. The summed E-state index contributed by atoms with van der Waals surface area (Å²) in [6.45, 7) is 5.17. The Morgan fingerprint density at radius 3 is 2.10 bits per heavy atom. The average molecular weight is 293 g/mol. The number of piperidine rings is 1. The number of likely N-dealkylation sites (tertiary alicyclic amines) is 1. The van der Waals surface area contributed by atoms with E-state index in [0.717, 1.165) is 17.9 Å². The predicted octanol–water partition coefficient (Wildman–Crippen LogP) is 4.20. The van der Waals surface area contributed by atoms with Crippen molar-refractivity contribution in [2.75, 3.05) is 20.1 Å². The van der Waals surface area contributed by atoms with Crippen LogP contribution in [0.5, 0.6) is 0 Å². The van der Waals surface area contributed by atoms with Crippen molar-refractivity contribution in [2.24, 2.45) is 11.8 Å². The van der Waals surface area contributed by atoms with Gasteiger partial charge in [-0.2, -0.15) is 0 Å². The lowest BCUT2D eigenvalue weighted by Gasteiger charge is -2.51. The molecule has 3 rings (SSSR count). The van der Waals surface area contributed by atoms with Crippen LogP contribution < -0.4 is 5.32 Å². The van der Waals surface area contributed by atoms with E-state index in [0.29, 0.717) is 5.54 Å². The third-order valence-electron chi connectivity index (χ3n) is 6.88. The molecule has 0 aromatic heterocycles. The van der Waals surface area contributed by atoms with Gasteiger partial charge < -0.3 is 5.32 Å². The standard InChI is InChI=1S/C19H36N2/c1-16-8-10-17(11-9-16)18(20-2)19(12-4-5-13-19)21-14-6-3-7-15-21/h16-18,20H,3-15H2,1-2H3. The molecule has 21 heavy (non-hydrogen) atoms. The van der Waals surface area contributed by atoms with E-state index in [-0.39, 0.29) is 0 Å². The topological polar surface area (TPSA) is 15.3 Å². The summed E-state index contributed by atoms with van der Waals surface area (Å²) < 4.78 is 0. The minimum atomic E-state index is 0.500. The lowest BCUT2D eigenvalue weighted by Crippen LogP contribution is -2.63. The van der Waals surface area contributed by atoms with Gasteiger partial charge in [0.05, 0.1) is 0 Å². The van der Waals surface area contributed by atoms with Crippen LogP contribution in [0.3, 0.4) is 0 Å². The Morgan fingerprint density at radius 1 is 0.905 bits per heavy atom. The second-order valence-corrected chi connectivity index (χ2v) is 8.14. The fourth-order valence-corrected chi connectivity index (χ4v) is 5.71. The van der Waals surface area contributed by atoms with Gasteiger partial charge in [0.2, 0.25) is 0 Å². The van der Waals surface area contributed by atoms with E-state index in [1.54, 1.807) is 0 Å². The summed E-state index contributed by atoms with van der Waals surface area (Å²) in [4.78, 5) is 2.92. The van der Waals surface area contributed by atoms with E-state index in [2.05, 4.69) is 24.2 Å². The smallest absolute Gasteiger partial charge is 0.0365 e. The third kappa shape index (κ3) is 3.17. The first-order valence-corrected chi connectivity index (χ1v) is 9.68. The molecule has 2 heteroatoms. The van der Waals surface area contributed by atoms with Gasteiger partial charge in [-0.1, -0.05) is 39.0 Å². The molecule has 3 aliphatic rings. The highest BCUT2D eigenvalue weighted by Crippen LogP contribution is 2.44. The van der Waals surface area contributed by atoms with Crippen LogP contribution in [-0.4, -0.2) is 36.6 Å². The zero-order valence-electron chi connectivity index (χ0n) is 14.4. The molecule has 2 aliphatic carbocycles. The summed E-state index contributed by atoms with van der Waals surface area (Å²) in [5, 5.41) is 3.83. The van der Waals surface area contributed by atoms with Crippen LogP contribution in [0.1, 0.15) is 77.6 Å². The summed E-state index contributed by atoms with van der Waals surface area (Å²) in [6, 6.07) is 0.741. The SMILES string of the molecule is CNC(C1CCC(C)CC1)C1(N2CCCCC2)CCCC1. The van der Waals surface area contributed by atoms with Gasteiger partial charge in [0, 0.05) is 11.6 Å². The average Bonchev–Trinajstić information content (AvgIpc) is 3.01. The number of nitrogens with one attached hydrogen (secondary N) is 1. The molecule has 3 fully saturated rings. The Hall–Kier alpha value is -0.0800. The molecule has 1 N–H and O–H groups in total. The first-order valence-electron chi connectivity index (χ1n) is 9.68. The van der Waals surface area contributed by atoms with E-state index in [1.807, 2.05) is 0 Å². The van der Waals surface area contributed by atoms with E-state index < -0.39 is 0 Å². The van der Waals surface area contributed by atoms with Crippen molar-refractivity contribution in [2.45, 2.75) is 89.1 Å². The molecule has 1 aliphatic heterocycles.